The molecule has 0 aromatic heterocycles. The molecule has 0 bridgehead atoms. The van der Waals surface area contributed by atoms with E-state index in [0.29, 0.717) is 5.88 Å². The summed E-state index contributed by atoms with van der Waals surface area (Å²) in [5.41, 5.74) is 3.95. The van der Waals surface area contributed by atoms with Crippen LogP contribution in [0.1, 0.15) is 31.4 Å². The summed E-state index contributed by atoms with van der Waals surface area (Å²) >= 11 is 5.87. The minimum Gasteiger partial charge on any atom is -0.371 e. The van der Waals surface area contributed by atoms with Crippen LogP contribution in [0.15, 0.2) is 18.2 Å². The minimum atomic E-state index is 0.606. The smallest absolute Gasteiger partial charge is 0.0474 e. The molecule has 0 saturated carbocycles. The average Bonchev–Trinajstić information content (AvgIpc) is 2.32. The van der Waals surface area contributed by atoms with Gasteiger partial charge in [0.05, 0.1) is 0 Å². The second kappa shape index (κ2) is 5.30. The molecule has 2 heteroatoms. The first-order valence-corrected chi connectivity index (χ1v) is 7.05. The lowest BCUT2D eigenvalue weighted by atomic mass is 9.88. The van der Waals surface area contributed by atoms with Crippen LogP contribution in [0.5, 0.6) is 0 Å². The molecule has 1 aliphatic rings. The molecule has 94 valence electrons. The zero-order chi connectivity index (χ0) is 12.4. The molecular formula is C15H22ClN. The molecule has 2 unspecified atom stereocenters. The number of piperidine rings is 1. The summed E-state index contributed by atoms with van der Waals surface area (Å²) in [5.74, 6) is 2.25. The largest absolute Gasteiger partial charge is 0.371 e. The maximum atomic E-state index is 5.87. The number of anilines is 1. The molecule has 0 N–H and O–H groups in total. The lowest BCUT2D eigenvalue weighted by Gasteiger charge is -2.37. The maximum absolute atomic E-state index is 5.87. The molecule has 0 aliphatic carbocycles. The number of aryl methyl sites for hydroxylation is 1. The first-order chi connectivity index (χ1) is 8.11. The van der Waals surface area contributed by atoms with Gasteiger partial charge in [-0.15, -0.1) is 11.6 Å². The highest BCUT2D eigenvalue weighted by Gasteiger charge is 2.23. The predicted molar refractivity (Wildman–Crippen MR) is 75.9 cm³/mol. The number of alkyl halides is 1. The van der Waals surface area contributed by atoms with Crippen LogP contribution in [0.4, 0.5) is 5.69 Å². The van der Waals surface area contributed by atoms with Crippen LogP contribution in [-0.2, 0) is 5.88 Å². The van der Waals surface area contributed by atoms with E-state index >= 15 is 0 Å². The summed E-state index contributed by atoms with van der Waals surface area (Å²) < 4.78 is 0. The van der Waals surface area contributed by atoms with E-state index in [1.807, 2.05) is 0 Å². The number of benzene rings is 1. The Bertz CT molecular complexity index is 389. The van der Waals surface area contributed by atoms with E-state index in [4.69, 9.17) is 11.6 Å². The number of hydrogen-bond acceptors (Lipinski definition) is 1. The van der Waals surface area contributed by atoms with Crippen LogP contribution < -0.4 is 4.90 Å². The van der Waals surface area contributed by atoms with Gasteiger partial charge in [-0.05, 0) is 42.4 Å². The highest BCUT2D eigenvalue weighted by atomic mass is 35.5. The van der Waals surface area contributed by atoms with Gasteiger partial charge in [0.2, 0.25) is 0 Å². The molecule has 1 saturated heterocycles. The molecule has 1 aliphatic heterocycles. The van der Waals surface area contributed by atoms with Gasteiger partial charge in [0.1, 0.15) is 0 Å². The van der Waals surface area contributed by atoms with Crippen molar-refractivity contribution in [2.24, 2.45) is 11.8 Å². The summed E-state index contributed by atoms with van der Waals surface area (Å²) in [7, 11) is 0. The zero-order valence-corrected chi connectivity index (χ0v) is 11.8. The van der Waals surface area contributed by atoms with Gasteiger partial charge in [0.15, 0.2) is 0 Å². The Hall–Kier alpha value is -0.690. The lowest BCUT2D eigenvalue weighted by molar-refractivity contribution is 0.324. The van der Waals surface area contributed by atoms with Gasteiger partial charge in [-0.25, -0.2) is 0 Å². The number of hydrogen-bond donors (Lipinski definition) is 0. The van der Waals surface area contributed by atoms with Gasteiger partial charge in [0.25, 0.3) is 0 Å². The first-order valence-electron chi connectivity index (χ1n) is 6.52. The van der Waals surface area contributed by atoms with Gasteiger partial charge in [-0.2, -0.15) is 0 Å². The van der Waals surface area contributed by atoms with E-state index in [1.165, 1.54) is 36.3 Å². The van der Waals surface area contributed by atoms with Crippen LogP contribution in [0.25, 0.3) is 0 Å². The molecule has 1 nitrogen and oxygen atoms in total. The normalized spacial score (nSPS) is 25.1. The third-order valence-electron chi connectivity index (χ3n) is 4.09. The van der Waals surface area contributed by atoms with Crippen molar-refractivity contribution < 1.29 is 0 Å². The summed E-state index contributed by atoms with van der Waals surface area (Å²) in [5, 5.41) is 0. The average molecular weight is 252 g/mol. The predicted octanol–water partition coefficient (Wildman–Crippen LogP) is 4.22. The van der Waals surface area contributed by atoms with E-state index in [1.54, 1.807) is 0 Å². The highest BCUT2D eigenvalue weighted by molar-refractivity contribution is 6.17. The lowest BCUT2D eigenvalue weighted by Crippen LogP contribution is -2.38. The Labute approximate surface area is 110 Å². The van der Waals surface area contributed by atoms with Gasteiger partial charge in [0, 0.05) is 24.7 Å². The van der Waals surface area contributed by atoms with Crippen LogP contribution in [0, 0.1) is 18.8 Å². The fourth-order valence-electron chi connectivity index (χ4n) is 2.64. The van der Waals surface area contributed by atoms with Crippen LogP contribution in [0.2, 0.25) is 0 Å². The second-order valence-corrected chi connectivity index (χ2v) is 5.71. The zero-order valence-electron chi connectivity index (χ0n) is 11.0. The molecule has 0 amide bonds. The Morgan fingerprint density at radius 2 is 2.06 bits per heavy atom. The first kappa shape index (κ1) is 12.8. The topological polar surface area (TPSA) is 3.24 Å². The second-order valence-electron chi connectivity index (χ2n) is 5.44. The molecule has 0 radical (unpaired) electrons. The van der Waals surface area contributed by atoms with Crippen molar-refractivity contribution in [3.05, 3.63) is 29.3 Å². The van der Waals surface area contributed by atoms with Crippen molar-refractivity contribution in [1.29, 1.82) is 0 Å². The van der Waals surface area contributed by atoms with Crippen LogP contribution in [-0.4, -0.2) is 13.1 Å². The molecule has 2 rings (SSSR count). The Balaban J connectivity index is 2.17. The monoisotopic (exact) mass is 251 g/mol. The molecule has 2 atom stereocenters. The van der Waals surface area contributed by atoms with E-state index in [9.17, 15) is 0 Å². The van der Waals surface area contributed by atoms with E-state index in [-0.39, 0.29) is 0 Å². The molecule has 1 heterocycles. The van der Waals surface area contributed by atoms with E-state index in [0.717, 1.165) is 11.8 Å². The van der Waals surface area contributed by atoms with Crippen LogP contribution >= 0.6 is 11.6 Å². The standard InChI is InChI=1S/C15H22ClN/c1-11-6-7-17(10-13(11)3)15-5-4-14(9-16)8-12(15)2/h4-5,8,11,13H,6-7,9-10H2,1-3H3. The Morgan fingerprint density at radius 3 is 2.65 bits per heavy atom. The number of halogens is 1. The van der Waals surface area contributed by atoms with Crippen molar-refractivity contribution in [2.75, 3.05) is 18.0 Å². The molecular weight excluding hydrogens is 230 g/mol. The molecule has 1 aromatic rings. The Kier molecular flexibility index (Phi) is 3.98. The fourth-order valence-corrected chi connectivity index (χ4v) is 2.80. The summed E-state index contributed by atoms with van der Waals surface area (Å²) in [4.78, 5) is 2.53. The summed E-state index contributed by atoms with van der Waals surface area (Å²) in [6.45, 7) is 9.29. The highest BCUT2D eigenvalue weighted by Crippen LogP contribution is 2.29. The van der Waals surface area contributed by atoms with Gasteiger partial charge < -0.3 is 4.90 Å². The summed E-state index contributed by atoms with van der Waals surface area (Å²) in [6, 6.07) is 6.60. The van der Waals surface area contributed by atoms with Gasteiger partial charge >= 0.3 is 0 Å². The molecule has 17 heavy (non-hydrogen) atoms. The number of nitrogens with zero attached hydrogens (tertiary/aromatic N) is 1. The van der Waals surface area contributed by atoms with E-state index in [2.05, 4.69) is 43.9 Å². The van der Waals surface area contributed by atoms with Crippen molar-refractivity contribution in [3.63, 3.8) is 0 Å². The van der Waals surface area contributed by atoms with Crippen molar-refractivity contribution in [2.45, 2.75) is 33.1 Å². The maximum Gasteiger partial charge on any atom is 0.0474 e. The minimum absolute atomic E-state index is 0.606. The van der Waals surface area contributed by atoms with Crippen LogP contribution in [0.3, 0.4) is 0 Å². The number of rotatable bonds is 2. The quantitative estimate of drug-likeness (QED) is 0.712. The SMILES string of the molecule is Cc1cc(CCl)ccc1N1CCC(C)C(C)C1. The summed E-state index contributed by atoms with van der Waals surface area (Å²) in [6.07, 6.45) is 1.30. The Morgan fingerprint density at radius 1 is 1.29 bits per heavy atom. The van der Waals surface area contributed by atoms with Crippen molar-refractivity contribution >= 4 is 17.3 Å². The van der Waals surface area contributed by atoms with Crippen molar-refractivity contribution in [1.82, 2.24) is 0 Å². The van der Waals surface area contributed by atoms with Gasteiger partial charge in [-0.3, -0.25) is 0 Å². The molecule has 1 fully saturated rings. The third kappa shape index (κ3) is 2.77. The van der Waals surface area contributed by atoms with Gasteiger partial charge in [-0.1, -0.05) is 26.0 Å². The van der Waals surface area contributed by atoms with Crippen molar-refractivity contribution in [3.8, 4) is 0 Å². The molecule has 0 spiro atoms. The van der Waals surface area contributed by atoms with E-state index < -0.39 is 0 Å². The fraction of sp³-hybridized carbons (Fsp3) is 0.600. The molecule has 1 aromatic carbocycles. The third-order valence-corrected chi connectivity index (χ3v) is 4.40.